The van der Waals surface area contributed by atoms with Crippen LogP contribution in [0.2, 0.25) is 5.02 Å². The van der Waals surface area contributed by atoms with E-state index in [2.05, 4.69) is 14.9 Å². The van der Waals surface area contributed by atoms with Gasteiger partial charge in [-0.25, -0.2) is 4.79 Å². The second-order valence-corrected chi connectivity index (χ2v) is 5.34. The molecule has 1 heterocycles. The Bertz CT molecular complexity index is 615. The zero-order valence-electron chi connectivity index (χ0n) is 11.1. The third-order valence-electron chi connectivity index (χ3n) is 2.53. The van der Waals surface area contributed by atoms with E-state index in [1.165, 1.54) is 18.9 Å². The summed E-state index contributed by atoms with van der Waals surface area (Å²) < 4.78 is 9.78. The lowest BCUT2D eigenvalue weighted by molar-refractivity contribution is 0.0600. The lowest BCUT2D eigenvalue weighted by atomic mass is 10.2. The number of hydrogen-bond acceptors (Lipinski definition) is 6. The zero-order chi connectivity index (χ0) is 14.5. The number of methoxy groups -OCH3 is 1. The van der Waals surface area contributed by atoms with E-state index in [4.69, 9.17) is 16.1 Å². The molecule has 0 aliphatic rings. The normalized spacial score (nSPS) is 10.6. The highest BCUT2D eigenvalue weighted by Gasteiger charge is 2.12. The molecule has 0 fully saturated rings. The molecule has 0 amide bonds. The summed E-state index contributed by atoms with van der Waals surface area (Å²) in [6, 6.07) is 5.19. The van der Waals surface area contributed by atoms with E-state index in [0.29, 0.717) is 28.1 Å². The minimum atomic E-state index is -0.455. The van der Waals surface area contributed by atoms with Crippen LogP contribution in [0.25, 0.3) is 0 Å². The first kappa shape index (κ1) is 14.9. The number of benzene rings is 1. The molecule has 5 nitrogen and oxygen atoms in total. The van der Waals surface area contributed by atoms with Gasteiger partial charge in [-0.05, 0) is 18.2 Å². The van der Waals surface area contributed by atoms with Crippen molar-refractivity contribution in [2.45, 2.75) is 24.0 Å². The highest BCUT2D eigenvalue weighted by atomic mass is 35.5. The largest absolute Gasteiger partial charge is 0.465 e. The Balaban J connectivity index is 2.08. The molecule has 0 aliphatic carbocycles. The van der Waals surface area contributed by atoms with Crippen LogP contribution in [-0.4, -0.2) is 23.2 Å². The van der Waals surface area contributed by atoms with E-state index in [0.717, 1.165) is 11.3 Å². The van der Waals surface area contributed by atoms with Gasteiger partial charge in [-0.3, -0.25) is 0 Å². The summed E-state index contributed by atoms with van der Waals surface area (Å²) >= 11 is 7.44. The lowest BCUT2D eigenvalue weighted by Gasteiger charge is -2.04. The number of hydrogen-bond donors (Lipinski definition) is 0. The summed E-state index contributed by atoms with van der Waals surface area (Å²) in [5.41, 5.74) is 0.346. The maximum atomic E-state index is 11.5. The molecule has 1 aromatic heterocycles. The average Bonchev–Trinajstić information content (AvgIpc) is 2.93. The van der Waals surface area contributed by atoms with Gasteiger partial charge in [0.2, 0.25) is 5.89 Å². The monoisotopic (exact) mass is 312 g/mol. The van der Waals surface area contributed by atoms with Crippen LogP contribution in [0, 0.1) is 0 Å². The number of nitrogens with zero attached hydrogens (tertiary/aromatic N) is 2. The molecule has 0 aliphatic heterocycles. The van der Waals surface area contributed by atoms with Crippen molar-refractivity contribution >= 4 is 29.3 Å². The Labute approximate surface area is 125 Å². The molecule has 0 unspecified atom stereocenters. The van der Waals surface area contributed by atoms with Crippen LogP contribution in [0.4, 0.5) is 0 Å². The SMILES string of the molecule is CCc1noc(CSc2ccc(Cl)c(C(=O)OC)c2)n1. The summed E-state index contributed by atoms with van der Waals surface area (Å²) in [6.45, 7) is 1.96. The minimum Gasteiger partial charge on any atom is -0.465 e. The number of esters is 1. The molecule has 0 bridgehead atoms. The number of carbonyl (C=O) groups excluding carboxylic acids is 1. The maximum absolute atomic E-state index is 11.5. The summed E-state index contributed by atoms with van der Waals surface area (Å²) in [7, 11) is 1.32. The molecular formula is C13H13ClN2O3S. The Kier molecular flexibility index (Phi) is 5.03. The summed E-state index contributed by atoms with van der Waals surface area (Å²) in [5, 5.41) is 4.19. The molecule has 7 heteroatoms. The van der Waals surface area contributed by atoms with E-state index in [1.54, 1.807) is 12.1 Å². The summed E-state index contributed by atoms with van der Waals surface area (Å²) in [6.07, 6.45) is 0.738. The lowest BCUT2D eigenvalue weighted by Crippen LogP contribution is -2.02. The molecule has 20 heavy (non-hydrogen) atoms. The number of ether oxygens (including phenoxy) is 1. The van der Waals surface area contributed by atoms with Crippen LogP contribution in [0.1, 0.15) is 29.0 Å². The van der Waals surface area contributed by atoms with Crippen LogP contribution in [0.3, 0.4) is 0 Å². The number of rotatable bonds is 5. The predicted octanol–water partition coefficient (Wildman–Crippen LogP) is 3.36. The Hall–Kier alpha value is -1.53. The van der Waals surface area contributed by atoms with Crippen LogP contribution >= 0.6 is 23.4 Å². The first-order valence-corrected chi connectivity index (χ1v) is 7.32. The van der Waals surface area contributed by atoms with Gasteiger partial charge in [-0.15, -0.1) is 11.8 Å². The fourth-order valence-electron chi connectivity index (χ4n) is 1.50. The topological polar surface area (TPSA) is 65.2 Å². The number of carbonyl (C=O) groups is 1. The van der Waals surface area contributed by atoms with E-state index >= 15 is 0 Å². The van der Waals surface area contributed by atoms with E-state index in [-0.39, 0.29) is 0 Å². The Morgan fingerprint density at radius 2 is 2.30 bits per heavy atom. The van der Waals surface area contributed by atoms with Gasteiger partial charge in [-0.2, -0.15) is 4.98 Å². The van der Waals surface area contributed by atoms with Crippen molar-refractivity contribution in [2.75, 3.05) is 7.11 Å². The second kappa shape index (κ2) is 6.76. The van der Waals surface area contributed by atoms with Crippen LogP contribution in [0.15, 0.2) is 27.6 Å². The smallest absolute Gasteiger partial charge is 0.339 e. The molecule has 1 aromatic carbocycles. The first-order chi connectivity index (χ1) is 9.63. The van der Waals surface area contributed by atoms with Gasteiger partial charge in [0, 0.05) is 11.3 Å². The maximum Gasteiger partial charge on any atom is 0.339 e. The number of thioether (sulfide) groups is 1. The number of aryl methyl sites for hydroxylation is 1. The highest BCUT2D eigenvalue weighted by molar-refractivity contribution is 7.98. The highest BCUT2D eigenvalue weighted by Crippen LogP contribution is 2.27. The molecule has 2 aromatic rings. The molecule has 2 rings (SSSR count). The van der Waals surface area contributed by atoms with Crippen molar-refractivity contribution in [3.63, 3.8) is 0 Å². The third kappa shape index (κ3) is 3.52. The minimum absolute atomic E-state index is 0.346. The molecule has 0 saturated heterocycles. The fourth-order valence-corrected chi connectivity index (χ4v) is 2.47. The quantitative estimate of drug-likeness (QED) is 0.623. The summed E-state index contributed by atoms with van der Waals surface area (Å²) in [5.74, 6) is 1.33. The molecule has 0 radical (unpaired) electrons. The number of halogens is 1. The van der Waals surface area contributed by atoms with Crippen molar-refractivity contribution in [3.05, 3.63) is 40.5 Å². The van der Waals surface area contributed by atoms with Crippen molar-refractivity contribution in [2.24, 2.45) is 0 Å². The van der Waals surface area contributed by atoms with Gasteiger partial charge in [0.05, 0.1) is 23.4 Å². The Morgan fingerprint density at radius 1 is 1.50 bits per heavy atom. The third-order valence-corrected chi connectivity index (χ3v) is 3.84. The van der Waals surface area contributed by atoms with Gasteiger partial charge in [0.15, 0.2) is 5.82 Å². The Morgan fingerprint density at radius 3 is 2.95 bits per heavy atom. The van der Waals surface area contributed by atoms with Gasteiger partial charge >= 0.3 is 5.97 Å². The standard InChI is InChI=1S/C13H13ClN2O3S/c1-3-11-15-12(19-16-11)7-20-8-4-5-10(14)9(6-8)13(17)18-2/h4-6H,3,7H2,1-2H3. The average molecular weight is 313 g/mol. The number of aromatic nitrogens is 2. The van der Waals surface area contributed by atoms with Crippen LogP contribution in [0.5, 0.6) is 0 Å². The fraction of sp³-hybridized carbons (Fsp3) is 0.308. The van der Waals surface area contributed by atoms with E-state index in [1.807, 2.05) is 13.0 Å². The van der Waals surface area contributed by atoms with Crippen molar-refractivity contribution in [3.8, 4) is 0 Å². The molecular weight excluding hydrogens is 300 g/mol. The molecule has 0 spiro atoms. The van der Waals surface area contributed by atoms with Gasteiger partial charge in [0.25, 0.3) is 0 Å². The van der Waals surface area contributed by atoms with Crippen LogP contribution < -0.4 is 0 Å². The second-order valence-electron chi connectivity index (χ2n) is 3.88. The summed E-state index contributed by atoms with van der Waals surface area (Å²) in [4.78, 5) is 16.6. The van der Waals surface area contributed by atoms with Crippen molar-refractivity contribution in [1.82, 2.24) is 10.1 Å². The zero-order valence-corrected chi connectivity index (χ0v) is 12.6. The van der Waals surface area contributed by atoms with Gasteiger partial charge < -0.3 is 9.26 Å². The van der Waals surface area contributed by atoms with E-state index < -0.39 is 5.97 Å². The predicted molar refractivity (Wildman–Crippen MR) is 76.0 cm³/mol. The van der Waals surface area contributed by atoms with Crippen molar-refractivity contribution in [1.29, 1.82) is 0 Å². The van der Waals surface area contributed by atoms with Crippen molar-refractivity contribution < 1.29 is 14.1 Å². The molecule has 0 atom stereocenters. The molecule has 0 saturated carbocycles. The molecule has 0 N–H and O–H groups in total. The molecule has 106 valence electrons. The van der Waals surface area contributed by atoms with Gasteiger partial charge in [-0.1, -0.05) is 23.7 Å². The van der Waals surface area contributed by atoms with Gasteiger partial charge in [0.1, 0.15) is 0 Å². The van der Waals surface area contributed by atoms with E-state index in [9.17, 15) is 4.79 Å². The first-order valence-electron chi connectivity index (χ1n) is 5.96. The van der Waals surface area contributed by atoms with Crippen LogP contribution in [-0.2, 0) is 16.9 Å².